The Morgan fingerprint density at radius 2 is 1.42 bits per heavy atom. The van der Waals surface area contributed by atoms with E-state index >= 15 is 4.79 Å². The van der Waals surface area contributed by atoms with E-state index in [1.807, 2.05) is 4.90 Å². The van der Waals surface area contributed by atoms with Crippen molar-refractivity contribution < 1.29 is 37.7 Å². The van der Waals surface area contributed by atoms with Crippen LogP contribution in [0.25, 0.3) is 0 Å². The van der Waals surface area contributed by atoms with Crippen molar-refractivity contribution in [2.24, 2.45) is 79.3 Å². The van der Waals surface area contributed by atoms with Gasteiger partial charge >= 0.3 is 5.97 Å². The Hall–Kier alpha value is -1.73. The number of rotatable bonds is 12. The van der Waals surface area contributed by atoms with Crippen molar-refractivity contribution in [1.29, 1.82) is 0 Å². The minimum atomic E-state index is -2.57. The van der Waals surface area contributed by atoms with Gasteiger partial charge in [-0.05, 0) is 173 Å². The Bertz CT molecular complexity index is 1840. The fraction of sp³-hybridized carbons (Fsp3) is 0.923. The highest BCUT2D eigenvalue weighted by Crippen LogP contribution is 2.79. The first-order chi connectivity index (χ1) is 28.7. The molecule has 7 aliphatic carbocycles. The minimum absolute atomic E-state index is 0.0466. The molecule has 0 N–H and O–H groups in total. The van der Waals surface area contributed by atoms with Gasteiger partial charge in [-0.2, -0.15) is 0 Å². The van der Waals surface area contributed by atoms with Crippen LogP contribution in [0.2, 0.25) is 0 Å². The highest BCUT2D eigenvalue weighted by atomic mass is 31.2. The lowest BCUT2D eigenvalue weighted by molar-refractivity contribution is -0.251. The molecular weight excluding hydrogens is 798 g/mol. The zero-order valence-electron chi connectivity index (χ0n) is 40.9. The molecule has 0 bridgehead atoms. The van der Waals surface area contributed by atoms with Crippen LogP contribution in [-0.2, 0) is 37.7 Å². The molecule has 1 heterocycles. The zero-order chi connectivity index (χ0) is 45.3. The summed E-state index contributed by atoms with van der Waals surface area (Å²) in [5, 5.41) is 0. The van der Waals surface area contributed by atoms with Crippen LogP contribution in [-0.4, -0.2) is 73.3 Å². The standard InChI is InChI=1S/C52H84NO8P/c1-45(2,59-32-54)31-42(56)60-41-17-20-49(8)38(47(41,5)6)16-21-51(10)39(49)14-13-36-43-35(48(7)23-24-48)15-22-52(43,26-25-50(36,51)9)40(55)30-33-29-37(46(33,3)4)44(57)53-27-18-34(19-28-53)61-62(11,12)58/h32-39,41,43H,13-31H2,1-12H3/t33-,35+,36+,37+,38-,39+,41-,43+,49-,50+,51+,52+/m0/s1. The van der Waals surface area contributed by atoms with Crippen molar-refractivity contribution in [3.05, 3.63) is 0 Å². The molecule has 1 saturated heterocycles. The van der Waals surface area contributed by atoms with Gasteiger partial charge in [-0.25, -0.2) is 0 Å². The molecule has 7 saturated carbocycles. The summed E-state index contributed by atoms with van der Waals surface area (Å²) in [6, 6.07) is 0. The number of carbonyl (C=O) groups excluding carboxylic acids is 4. The second kappa shape index (κ2) is 15.4. The third kappa shape index (κ3) is 7.44. The van der Waals surface area contributed by atoms with E-state index in [-0.39, 0.29) is 74.8 Å². The second-order valence-corrected chi connectivity index (χ2v) is 28.7. The molecule has 10 heteroatoms. The first kappa shape index (κ1) is 46.8. The maximum atomic E-state index is 15.4. The van der Waals surface area contributed by atoms with Crippen LogP contribution in [0.3, 0.4) is 0 Å². The molecule has 1 aliphatic heterocycles. The first-order valence-corrected chi connectivity index (χ1v) is 27.6. The van der Waals surface area contributed by atoms with E-state index in [9.17, 15) is 18.9 Å². The number of ether oxygens (including phenoxy) is 2. The Balaban J connectivity index is 0.980. The topological polar surface area (TPSA) is 116 Å². The third-order valence-electron chi connectivity index (χ3n) is 21.4. The number of amides is 1. The maximum Gasteiger partial charge on any atom is 0.310 e. The fourth-order valence-corrected chi connectivity index (χ4v) is 18.2. The lowest BCUT2D eigenvalue weighted by Crippen LogP contribution is -2.67. The summed E-state index contributed by atoms with van der Waals surface area (Å²) in [6.45, 7) is 28.2. The highest BCUT2D eigenvalue weighted by molar-refractivity contribution is 7.57. The fourth-order valence-electron chi connectivity index (χ4n) is 17.3. The molecule has 8 fully saturated rings. The number of Topliss-reactive ketones (excluding diaryl/α,β-unsaturated/α-hetero) is 1. The van der Waals surface area contributed by atoms with Gasteiger partial charge < -0.3 is 18.9 Å². The van der Waals surface area contributed by atoms with Crippen molar-refractivity contribution in [2.45, 2.75) is 196 Å². The molecule has 8 aliphatic rings. The number of hydrogen-bond donors (Lipinski definition) is 0. The maximum absolute atomic E-state index is 15.4. The lowest BCUT2D eigenvalue weighted by atomic mass is 9.32. The van der Waals surface area contributed by atoms with Gasteiger partial charge in [0.1, 0.15) is 17.5 Å². The number of carbonyl (C=O) groups is 4. The number of ketones is 1. The molecule has 0 unspecified atom stereocenters. The quantitative estimate of drug-likeness (QED) is 0.108. The van der Waals surface area contributed by atoms with E-state index < -0.39 is 13.0 Å². The molecule has 0 aromatic carbocycles. The molecule has 8 rings (SSSR count). The average Bonchev–Trinajstić information content (AvgIpc) is 3.78. The van der Waals surface area contributed by atoms with E-state index in [1.165, 1.54) is 38.5 Å². The van der Waals surface area contributed by atoms with Crippen LogP contribution in [0.15, 0.2) is 0 Å². The number of hydrogen-bond acceptors (Lipinski definition) is 8. The van der Waals surface area contributed by atoms with Crippen LogP contribution in [0, 0.1) is 79.3 Å². The van der Waals surface area contributed by atoms with Crippen LogP contribution >= 0.6 is 7.37 Å². The summed E-state index contributed by atoms with van der Waals surface area (Å²) in [4.78, 5) is 55.7. The van der Waals surface area contributed by atoms with Gasteiger partial charge in [0.25, 0.3) is 6.47 Å². The van der Waals surface area contributed by atoms with Gasteiger partial charge in [0.2, 0.25) is 5.91 Å². The normalized spacial score (nSPS) is 43.1. The largest absolute Gasteiger partial charge is 0.462 e. The summed E-state index contributed by atoms with van der Waals surface area (Å²) >= 11 is 0. The predicted molar refractivity (Wildman–Crippen MR) is 242 cm³/mol. The Morgan fingerprint density at radius 3 is 2.03 bits per heavy atom. The smallest absolute Gasteiger partial charge is 0.310 e. The van der Waals surface area contributed by atoms with Crippen LogP contribution in [0.1, 0.15) is 178 Å². The summed E-state index contributed by atoms with van der Waals surface area (Å²) in [5.41, 5.74) is -0.716. The number of nitrogens with zero attached hydrogens (tertiary/aromatic N) is 1. The van der Waals surface area contributed by atoms with Gasteiger partial charge in [-0.1, -0.05) is 55.4 Å². The third-order valence-corrected chi connectivity index (χ3v) is 22.2. The molecule has 0 aromatic heterocycles. The first-order valence-electron chi connectivity index (χ1n) is 25.0. The molecule has 350 valence electrons. The molecule has 1 amide bonds. The van der Waals surface area contributed by atoms with Crippen molar-refractivity contribution in [3.63, 3.8) is 0 Å². The predicted octanol–water partition coefficient (Wildman–Crippen LogP) is 11.3. The Morgan fingerprint density at radius 1 is 0.742 bits per heavy atom. The summed E-state index contributed by atoms with van der Waals surface area (Å²) < 4.78 is 29.6. The SMILES string of the molecule is CC(C)(CC(=O)O[C@H]1CC[C@]2(C)[C@H]3CC[C@@H]4[C@H]5[C@H](C6(C)CC6)CC[C@]5(C(=O)C[C@@H]5C[C@H](C(=O)N6CCC(OP(C)(C)=O)CC6)C5(C)C)CC[C@@]4(C)[C@]3(C)CC[C@H]2C1(C)C)OC=O. The molecule has 0 radical (unpaired) electrons. The molecular formula is C52H84NO8P. The molecule has 12 atom stereocenters. The van der Waals surface area contributed by atoms with E-state index in [0.29, 0.717) is 66.8 Å². The van der Waals surface area contributed by atoms with Gasteiger partial charge in [-0.15, -0.1) is 0 Å². The van der Waals surface area contributed by atoms with Crippen LogP contribution in [0.4, 0.5) is 0 Å². The van der Waals surface area contributed by atoms with Crippen molar-refractivity contribution in [2.75, 3.05) is 26.4 Å². The zero-order valence-corrected chi connectivity index (χ0v) is 41.8. The van der Waals surface area contributed by atoms with Crippen molar-refractivity contribution >= 4 is 31.5 Å². The second-order valence-electron chi connectivity index (χ2n) is 26.0. The number of piperidine rings is 1. The summed E-state index contributed by atoms with van der Waals surface area (Å²) in [7, 11) is -2.57. The van der Waals surface area contributed by atoms with Crippen molar-refractivity contribution in [3.8, 4) is 0 Å². The van der Waals surface area contributed by atoms with E-state index in [1.54, 1.807) is 27.2 Å². The van der Waals surface area contributed by atoms with Gasteiger partial charge in [-0.3, -0.25) is 23.7 Å². The average molecular weight is 882 g/mol. The molecule has 0 aromatic rings. The van der Waals surface area contributed by atoms with E-state index in [4.69, 9.17) is 14.0 Å². The monoisotopic (exact) mass is 882 g/mol. The van der Waals surface area contributed by atoms with Gasteiger partial charge in [0.05, 0.1) is 12.5 Å². The van der Waals surface area contributed by atoms with Crippen LogP contribution < -0.4 is 0 Å². The number of fused-ring (bicyclic) bond motifs is 7. The molecule has 0 spiro atoms. The number of likely N-dealkylation sites (tertiary alicyclic amines) is 1. The summed E-state index contributed by atoms with van der Waals surface area (Å²) in [6.07, 6.45) is 16.3. The summed E-state index contributed by atoms with van der Waals surface area (Å²) in [5.74, 6) is 3.25. The van der Waals surface area contributed by atoms with Gasteiger partial charge in [0, 0.05) is 49.6 Å². The van der Waals surface area contributed by atoms with Crippen LogP contribution in [0.5, 0.6) is 0 Å². The van der Waals surface area contributed by atoms with Gasteiger partial charge in [0.15, 0.2) is 7.37 Å². The van der Waals surface area contributed by atoms with E-state index in [2.05, 4.69) is 55.4 Å². The molecule has 62 heavy (non-hydrogen) atoms. The number of esters is 1. The van der Waals surface area contributed by atoms with Crippen molar-refractivity contribution in [1.82, 2.24) is 4.90 Å². The highest BCUT2D eigenvalue weighted by Gasteiger charge is 2.73. The Kier molecular flexibility index (Phi) is 11.6. The van der Waals surface area contributed by atoms with E-state index in [0.717, 1.165) is 57.8 Å². The molecule has 9 nitrogen and oxygen atoms in total. The minimum Gasteiger partial charge on any atom is -0.462 e. The Labute approximate surface area is 374 Å². The lowest BCUT2D eigenvalue weighted by Gasteiger charge is -2.73.